The number of carbonyl (C=O) groups excluding carboxylic acids is 2. The Morgan fingerprint density at radius 1 is 1.05 bits per heavy atom. The second kappa shape index (κ2) is 10.4. The minimum atomic E-state index is -1.13. The molecule has 1 atom stereocenters. The first kappa shape index (κ1) is 19.6. The van der Waals surface area contributed by atoms with Gasteiger partial charge in [0.2, 0.25) is 5.91 Å². The van der Waals surface area contributed by atoms with E-state index in [4.69, 9.17) is 5.11 Å². The van der Waals surface area contributed by atoms with Crippen LogP contribution in [-0.4, -0.2) is 35.5 Å². The summed E-state index contributed by atoms with van der Waals surface area (Å²) >= 11 is 0. The molecule has 0 aliphatic heterocycles. The van der Waals surface area contributed by atoms with Crippen LogP contribution in [0.1, 0.15) is 38.1 Å². The van der Waals surface area contributed by atoms with E-state index < -0.39 is 17.9 Å². The predicted molar refractivity (Wildman–Crippen MR) is 84.5 cm³/mol. The molecule has 0 fully saturated rings. The number of carboxylic acid groups (broad SMARTS) is 1. The van der Waals surface area contributed by atoms with Crippen LogP contribution in [0.4, 0.5) is 0 Å². The summed E-state index contributed by atoms with van der Waals surface area (Å²) < 4.78 is 0. The number of rotatable bonds is 5. The highest BCUT2D eigenvalue weighted by Crippen LogP contribution is 1.97. The van der Waals surface area contributed by atoms with Gasteiger partial charge in [0.15, 0.2) is 0 Å². The number of nitrogens with one attached hydrogen (secondary N) is 2. The summed E-state index contributed by atoms with van der Waals surface area (Å²) in [5.41, 5.74) is 0.441. The molecule has 0 aliphatic carbocycles. The minimum absolute atomic E-state index is 0.259. The molecule has 1 aromatic carbocycles. The van der Waals surface area contributed by atoms with Crippen LogP contribution < -0.4 is 10.6 Å². The highest BCUT2D eigenvalue weighted by molar-refractivity contribution is 5.96. The van der Waals surface area contributed by atoms with E-state index in [2.05, 4.69) is 31.4 Å². The molecule has 6 nitrogen and oxygen atoms in total. The first-order chi connectivity index (χ1) is 10.2. The van der Waals surface area contributed by atoms with E-state index in [1.54, 1.807) is 30.3 Å². The molecule has 3 N–H and O–H groups in total. The molecule has 0 radical (unpaired) electrons. The maximum Gasteiger partial charge on any atom is 0.325 e. The molecular weight excluding hydrogens is 284 g/mol. The van der Waals surface area contributed by atoms with Crippen molar-refractivity contribution < 1.29 is 19.5 Å². The van der Waals surface area contributed by atoms with Gasteiger partial charge >= 0.3 is 5.97 Å². The van der Waals surface area contributed by atoms with Crippen LogP contribution in [-0.2, 0) is 9.59 Å². The van der Waals surface area contributed by atoms with Gasteiger partial charge in [0.25, 0.3) is 5.91 Å². The molecule has 0 bridgehead atoms. The number of carboxylic acids is 1. The molecular formula is C16H24N2O4. The van der Waals surface area contributed by atoms with Crippen molar-refractivity contribution in [3.05, 3.63) is 35.9 Å². The van der Waals surface area contributed by atoms with Gasteiger partial charge in [-0.3, -0.25) is 14.4 Å². The molecule has 0 saturated carbocycles. The molecule has 2 amide bonds. The normalized spacial score (nSPS) is 11.0. The lowest BCUT2D eigenvalue weighted by Crippen LogP contribution is -2.43. The molecule has 6 heteroatoms. The zero-order valence-corrected chi connectivity index (χ0v) is 13.4. The molecule has 1 unspecified atom stereocenters. The van der Waals surface area contributed by atoms with Gasteiger partial charge in [-0.15, -0.1) is 0 Å². The van der Waals surface area contributed by atoms with E-state index in [1.807, 2.05) is 0 Å². The third-order valence-electron chi connectivity index (χ3n) is 2.19. The van der Waals surface area contributed by atoms with Crippen LogP contribution in [0.3, 0.4) is 0 Å². The Hall–Kier alpha value is -2.37. The van der Waals surface area contributed by atoms with E-state index >= 15 is 0 Å². The van der Waals surface area contributed by atoms with Crippen LogP contribution in [0, 0.1) is 5.92 Å². The Labute approximate surface area is 130 Å². The molecule has 1 rings (SSSR count). The average molecular weight is 308 g/mol. The minimum Gasteiger partial charge on any atom is -0.480 e. The monoisotopic (exact) mass is 308 g/mol. The SMILES string of the molecule is CC(C)C.CC(NC(=O)CNC(=O)c1ccccc1)C(=O)O. The third kappa shape index (κ3) is 9.52. The molecule has 0 spiro atoms. The van der Waals surface area contributed by atoms with Gasteiger partial charge in [-0.1, -0.05) is 39.0 Å². The zero-order valence-electron chi connectivity index (χ0n) is 13.4. The second-order valence-electron chi connectivity index (χ2n) is 5.41. The predicted octanol–water partition coefficient (Wildman–Crippen LogP) is 1.67. The van der Waals surface area contributed by atoms with Crippen LogP contribution in [0.2, 0.25) is 0 Å². The van der Waals surface area contributed by atoms with E-state index in [0.717, 1.165) is 5.92 Å². The van der Waals surface area contributed by atoms with Crippen molar-refractivity contribution in [2.45, 2.75) is 33.7 Å². The summed E-state index contributed by atoms with van der Waals surface area (Å²) in [7, 11) is 0. The van der Waals surface area contributed by atoms with Gasteiger partial charge in [0.1, 0.15) is 6.04 Å². The smallest absolute Gasteiger partial charge is 0.325 e. The maximum atomic E-state index is 11.6. The third-order valence-corrected chi connectivity index (χ3v) is 2.19. The van der Waals surface area contributed by atoms with Gasteiger partial charge < -0.3 is 15.7 Å². The summed E-state index contributed by atoms with van der Waals surface area (Å²) in [5, 5.41) is 13.2. The van der Waals surface area contributed by atoms with Crippen molar-refractivity contribution in [1.82, 2.24) is 10.6 Å². The molecule has 0 saturated heterocycles. The first-order valence-electron chi connectivity index (χ1n) is 7.09. The molecule has 0 aromatic heterocycles. The van der Waals surface area contributed by atoms with Crippen molar-refractivity contribution in [2.75, 3.05) is 6.54 Å². The second-order valence-corrected chi connectivity index (χ2v) is 5.41. The van der Waals surface area contributed by atoms with Gasteiger partial charge in [0, 0.05) is 5.56 Å². The van der Waals surface area contributed by atoms with E-state index in [9.17, 15) is 14.4 Å². The molecule has 0 heterocycles. The fourth-order valence-corrected chi connectivity index (χ4v) is 1.21. The van der Waals surface area contributed by atoms with Crippen LogP contribution in [0.5, 0.6) is 0 Å². The van der Waals surface area contributed by atoms with E-state index in [1.165, 1.54) is 6.92 Å². The topological polar surface area (TPSA) is 95.5 Å². The van der Waals surface area contributed by atoms with Crippen molar-refractivity contribution in [1.29, 1.82) is 0 Å². The highest BCUT2D eigenvalue weighted by atomic mass is 16.4. The summed E-state index contributed by atoms with van der Waals surface area (Å²) in [6.07, 6.45) is 0. The standard InChI is InChI=1S/C12H14N2O4.C4H10/c1-8(12(17)18)14-10(15)7-13-11(16)9-5-3-2-4-6-9;1-4(2)3/h2-6,8H,7H2,1H3,(H,13,16)(H,14,15)(H,17,18);4H,1-3H3. The molecule has 1 aromatic rings. The fourth-order valence-electron chi connectivity index (χ4n) is 1.21. The number of aliphatic carboxylic acids is 1. The quantitative estimate of drug-likeness (QED) is 0.771. The Kier molecular flexibility index (Phi) is 9.25. The van der Waals surface area contributed by atoms with Gasteiger partial charge in [0.05, 0.1) is 6.54 Å². The lowest BCUT2D eigenvalue weighted by atomic mass is 10.2. The highest BCUT2D eigenvalue weighted by Gasteiger charge is 2.14. The van der Waals surface area contributed by atoms with Crippen molar-refractivity contribution in [2.24, 2.45) is 5.92 Å². The molecule has 0 aliphatic rings. The Morgan fingerprint density at radius 2 is 1.55 bits per heavy atom. The summed E-state index contributed by atoms with van der Waals surface area (Å²) in [6.45, 7) is 7.59. The van der Waals surface area contributed by atoms with Crippen molar-refractivity contribution >= 4 is 17.8 Å². The Morgan fingerprint density at radius 3 is 2.00 bits per heavy atom. The lowest BCUT2D eigenvalue weighted by Gasteiger charge is -2.09. The first-order valence-corrected chi connectivity index (χ1v) is 7.09. The van der Waals surface area contributed by atoms with E-state index in [-0.39, 0.29) is 12.5 Å². The Balaban J connectivity index is 0.000000980. The number of amides is 2. The van der Waals surface area contributed by atoms with Crippen LogP contribution in [0.15, 0.2) is 30.3 Å². The fraction of sp³-hybridized carbons (Fsp3) is 0.438. The number of carbonyl (C=O) groups is 3. The largest absolute Gasteiger partial charge is 0.480 e. The van der Waals surface area contributed by atoms with Gasteiger partial charge in [-0.25, -0.2) is 0 Å². The molecule has 122 valence electrons. The van der Waals surface area contributed by atoms with Crippen LogP contribution in [0.25, 0.3) is 0 Å². The summed E-state index contributed by atoms with van der Waals surface area (Å²) in [5.74, 6) is -1.22. The number of benzene rings is 1. The average Bonchev–Trinajstić information content (AvgIpc) is 2.45. The number of hydrogen-bond acceptors (Lipinski definition) is 3. The van der Waals surface area contributed by atoms with Crippen molar-refractivity contribution in [3.8, 4) is 0 Å². The maximum absolute atomic E-state index is 11.6. The van der Waals surface area contributed by atoms with Crippen LogP contribution >= 0.6 is 0 Å². The lowest BCUT2D eigenvalue weighted by molar-refractivity contribution is -0.141. The number of hydrogen-bond donors (Lipinski definition) is 3. The van der Waals surface area contributed by atoms with E-state index in [0.29, 0.717) is 5.56 Å². The molecule has 22 heavy (non-hydrogen) atoms. The van der Waals surface area contributed by atoms with Gasteiger partial charge in [-0.05, 0) is 25.0 Å². The zero-order chi connectivity index (χ0) is 17.1. The van der Waals surface area contributed by atoms with Gasteiger partial charge in [-0.2, -0.15) is 0 Å². The summed E-state index contributed by atoms with van der Waals surface area (Å²) in [6, 6.07) is 7.45. The summed E-state index contributed by atoms with van der Waals surface area (Å²) in [4.78, 5) is 33.4. The Bertz CT molecular complexity index is 483. The van der Waals surface area contributed by atoms with Crippen molar-refractivity contribution in [3.63, 3.8) is 0 Å².